The van der Waals surface area contributed by atoms with Gasteiger partial charge in [0.15, 0.2) is 27.4 Å². The van der Waals surface area contributed by atoms with Gasteiger partial charge in [0.2, 0.25) is 0 Å². The Labute approximate surface area is 290 Å². The van der Waals surface area contributed by atoms with Crippen molar-refractivity contribution in [3.8, 4) is 11.3 Å². The fourth-order valence-corrected chi connectivity index (χ4v) is 5.61. The number of anilines is 2. The predicted molar refractivity (Wildman–Crippen MR) is 190 cm³/mol. The van der Waals surface area contributed by atoms with Crippen LogP contribution in [0.1, 0.15) is 62.9 Å². The van der Waals surface area contributed by atoms with Gasteiger partial charge in [-0.25, -0.2) is 19.0 Å². The minimum Gasteiger partial charge on any atom is -0.389 e. The fraction of sp³-hybridized carbons (Fsp3) is 0.406. The highest BCUT2D eigenvalue weighted by atomic mass is 127. The van der Waals surface area contributed by atoms with E-state index in [9.17, 15) is 15.0 Å². The zero-order chi connectivity index (χ0) is 33.4. The van der Waals surface area contributed by atoms with Gasteiger partial charge in [-0.05, 0) is 87.6 Å². The van der Waals surface area contributed by atoms with Gasteiger partial charge in [0.25, 0.3) is 0 Å². The molecule has 0 saturated heterocycles. The maximum atomic E-state index is 12.5. The molecule has 4 N–H and O–H groups in total. The van der Waals surface area contributed by atoms with Gasteiger partial charge in [-0.15, -0.1) is 0 Å². The number of aromatic nitrogens is 6. The van der Waals surface area contributed by atoms with Crippen LogP contribution in [-0.2, 0) is 0 Å². The van der Waals surface area contributed by atoms with Crippen molar-refractivity contribution in [2.45, 2.75) is 65.1 Å². The van der Waals surface area contributed by atoms with Crippen molar-refractivity contribution in [2.24, 2.45) is 5.92 Å². The third-order valence-corrected chi connectivity index (χ3v) is 8.36. The number of aliphatic hydroxyl groups is 2. The molecule has 46 heavy (non-hydrogen) atoms. The molecule has 0 atom stereocenters. The highest BCUT2D eigenvalue weighted by molar-refractivity contribution is 14.1. The standard InChI is InChI=1S/C22H25ClN4O2.C10H12ClIN4O/c1-13-8-15(6-7-16(13)19(28)9-14-4-5-14)18-11-24-21-17(25-12-22(2,3)29)10-20(23)26-27(18)21;1-10(2,17)5-14-6-3-7(11)15-16-8(12)4-13-9(6)16/h6-8,10-11,14,25,29H,4-5,9,12H2,1-3H3;3-4,14,17H,5H2,1-2H3. The lowest BCUT2D eigenvalue weighted by atomic mass is 9.98. The van der Waals surface area contributed by atoms with Crippen LogP contribution in [0.5, 0.6) is 0 Å². The summed E-state index contributed by atoms with van der Waals surface area (Å²) in [6.07, 6.45) is 6.44. The Morgan fingerprint density at radius 3 is 2.00 bits per heavy atom. The molecule has 1 aliphatic carbocycles. The van der Waals surface area contributed by atoms with Crippen LogP contribution in [0.3, 0.4) is 0 Å². The van der Waals surface area contributed by atoms with E-state index in [1.54, 1.807) is 61.3 Å². The van der Waals surface area contributed by atoms with E-state index in [1.165, 1.54) is 12.8 Å². The van der Waals surface area contributed by atoms with E-state index in [1.807, 2.05) is 25.1 Å². The summed E-state index contributed by atoms with van der Waals surface area (Å²) in [5.41, 5.74) is 4.55. The Morgan fingerprint density at radius 1 is 0.913 bits per heavy atom. The Balaban J connectivity index is 0.000000209. The highest BCUT2D eigenvalue weighted by Gasteiger charge is 2.26. The van der Waals surface area contributed by atoms with Crippen LogP contribution < -0.4 is 10.6 Å². The lowest BCUT2D eigenvalue weighted by Crippen LogP contribution is -2.29. The topological polar surface area (TPSA) is 142 Å². The average Bonchev–Trinajstić information content (AvgIpc) is 3.55. The van der Waals surface area contributed by atoms with Gasteiger partial charge >= 0.3 is 0 Å². The lowest BCUT2D eigenvalue weighted by molar-refractivity contribution is 0.0939. The van der Waals surface area contributed by atoms with Crippen LogP contribution in [0.15, 0.2) is 42.7 Å². The second-order valence-corrected chi connectivity index (χ2v) is 14.8. The molecule has 1 saturated carbocycles. The first-order valence-corrected chi connectivity index (χ1v) is 16.7. The molecule has 1 fully saturated rings. The molecule has 0 bridgehead atoms. The van der Waals surface area contributed by atoms with Gasteiger partial charge in [0, 0.05) is 42.8 Å². The summed E-state index contributed by atoms with van der Waals surface area (Å²) in [7, 11) is 0. The van der Waals surface area contributed by atoms with Crippen LogP contribution in [-0.4, -0.2) is 69.5 Å². The number of rotatable bonds is 10. The zero-order valence-electron chi connectivity index (χ0n) is 26.3. The molecular weight excluding hydrogens is 742 g/mol. The van der Waals surface area contributed by atoms with E-state index in [0.717, 1.165) is 31.8 Å². The van der Waals surface area contributed by atoms with Crippen LogP contribution >= 0.6 is 45.8 Å². The second-order valence-electron chi connectivity index (χ2n) is 12.9. The Hall–Kier alpha value is -3.04. The summed E-state index contributed by atoms with van der Waals surface area (Å²) in [6.45, 7) is 9.64. The molecule has 4 aromatic heterocycles. The van der Waals surface area contributed by atoms with E-state index in [0.29, 0.717) is 52.7 Å². The Bertz CT molecular complexity index is 1890. The Kier molecular flexibility index (Phi) is 10.1. The number of hydrogen-bond donors (Lipinski definition) is 4. The molecule has 0 amide bonds. The van der Waals surface area contributed by atoms with Crippen molar-refractivity contribution in [3.63, 3.8) is 0 Å². The van der Waals surface area contributed by atoms with Gasteiger partial charge in [-0.2, -0.15) is 10.2 Å². The van der Waals surface area contributed by atoms with Gasteiger partial charge < -0.3 is 20.8 Å². The summed E-state index contributed by atoms with van der Waals surface area (Å²) in [4.78, 5) is 21.2. The number of carbonyl (C=O) groups excluding carboxylic acids is 1. The third-order valence-electron chi connectivity index (χ3n) is 7.25. The normalized spacial score (nSPS) is 13.5. The second kappa shape index (κ2) is 13.6. The summed E-state index contributed by atoms with van der Waals surface area (Å²) in [5.74, 6) is 0.787. The largest absolute Gasteiger partial charge is 0.389 e. The number of hydrogen-bond acceptors (Lipinski definition) is 9. The molecule has 0 spiro atoms. The molecule has 1 aliphatic rings. The SMILES string of the molecule is CC(C)(O)CNc1cc(Cl)nn2c(I)cnc12.Cc1cc(-c2cnc3c(NCC(C)(C)O)cc(Cl)nn23)ccc1C(=O)CC1CC1. The van der Waals surface area contributed by atoms with Crippen molar-refractivity contribution < 1.29 is 15.0 Å². The number of halogens is 3. The number of nitrogens with zero attached hydrogens (tertiary/aromatic N) is 6. The number of Topliss-reactive ketones (excluding diaryl/α,β-unsaturated/α-hetero) is 1. The van der Waals surface area contributed by atoms with E-state index in [4.69, 9.17) is 23.2 Å². The highest BCUT2D eigenvalue weighted by Crippen LogP contribution is 2.34. The minimum atomic E-state index is -0.873. The molecule has 0 radical (unpaired) electrons. The van der Waals surface area contributed by atoms with Crippen molar-refractivity contribution >= 4 is 74.2 Å². The summed E-state index contributed by atoms with van der Waals surface area (Å²) in [6, 6.07) is 9.22. The van der Waals surface area contributed by atoms with Crippen molar-refractivity contribution in [3.05, 3.63) is 67.9 Å². The maximum absolute atomic E-state index is 12.5. The van der Waals surface area contributed by atoms with Crippen LogP contribution in [0.2, 0.25) is 10.3 Å². The van der Waals surface area contributed by atoms with Crippen LogP contribution in [0, 0.1) is 16.5 Å². The molecule has 0 aliphatic heterocycles. The molecule has 4 heterocycles. The van der Waals surface area contributed by atoms with Crippen molar-refractivity contribution in [1.82, 2.24) is 29.2 Å². The average molecular weight is 780 g/mol. The Morgan fingerprint density at radius 2 is 1.46 bits per heavy atom. The number of fused-ring (bicyclic) bond motifs is 2. The van der Waals surface area contributed by atoms with Crippen LogP contribution in [0.25, 0.3) is 22.6 Å². The van der Waals surface area contributed by atoms with Crippen LogP contribution in [0.4, 0.5) is 11.4 Å². The number of benzene rings is 1. The van der Waals surface area contributed by atoms with Gasteiger partial charge in [-0.1, -0.05) is 35.3 Å². The number of imidazole rings is 2. The molecule has 14 heteroatoms. The zero-order valence-corrected chi connectivity index (χ0v) is 29.9. The third kappa shape index (κ3) is 8.65. The van der Waals surface area contributed by atoms with Gasteiger partial charge in [0.05, 0.1) is 40.7 Å². The first-order chi connectivity index (χ1) is 21.6. The molecule has 0 unspecified atom stereocenters. The minimum absolute atomic E-state index is 0.217. The summed E-state index contributed by atoms with van der Waals surface area (Å²) < 4.78 is 4.23. The fourth-order valence-electron chi connectivity index (χ4n) is 4.76. The van der Waals surface area contributed by atoms with Crippen molar-refractivity contribution in [2.75, 3.05) is 23.7 Å². The molecular formula is C32H37Cl2IN8O3. The summed E-state index contributed by atoms with van der Waals surface area (Å²) in [5, 5.41) is 35.2. The molecule has 244 valence electrons. The lowest BCUT2D eigenvalue weighted by Gasteiger charge is -2.18. The van der Waals surface area contributed by atoms with E-state index in [-0.39, 0.29) is 5.78 Å². The first kappa shape index (κ1) is 34.3. The number of nitrogens with one attached hydrogen (secondary N) is 2. The number of ketones is 1. The van der Waals surface area contributed by atoms with Crippen molar-refractivity contribution in [1.29, 1.82) is 0 Å². The monoisotopic (exact) mass is 778 g/mol. The van der Waals surface area contributed by atoms with Gasteiger partial charge in [0.1, 0.15) is 3.70 Å². The van der Waals surface area contributed by atoms with E-state index < -0.39 is 11.2 Å². The van der Waals surface area contributed by atoms with Gasteiger partial charge in [-0.3, -0.25) is 4.79 Å². The molecule has 11 nitrogen and oxygen atoms in total. The molecule has 5 aromatic rings. The number of carbonyl (C=O) groups is 1. The number of aryl methyl sites for hydroxylation is 1. The van der Waals surface area contributed by atoms with E-state index >= 15 is 0 Å². The van der Waals surface area contributed by atoms with E-state index in [2.05, 4.69) is 53.4 Å². The maximum Gasteiger partial charge on any atom is 0.178 e. The predicted octanol–water partition coefficient (Wildman–Crippen LogP) is 6.69. The molecule has 6 rings (SSSR count). The smallest absolute Gasteiger partial charge is 0.178 e. The molecule has 1 aromatic carbocycles. The first-order valence-electron chi connectivity index (χ1n) is 14.9. The quantitative estimate of drug-likeness (QED) is 0.0901. The summed E-state index contributed by atoms with van der Waals surface area (Å²) >= 11 is 14.3.